The van der Waals surface area contributed by atoms with Crippen molar-refractivity contribution in [2.75, 3.05) is 9.80 Å². The monoisotopic (exact) mass is 902 g/mol. The molecule has 10 aromatic carbocycles. The molecule has 10 aromatic rings. The molecule has 340 valence electrons. The Kier molecular flexibility index (Phi) is 10.0. The average molecular weight is 903 g/mol. The second-order valence-electron chi connectivity index (χ2n) is 21.3. The third kappa shape index (κ3) is 6.41. The largest absolute Gasteiger partial charge is 0.307 e. The first-order chi connectivity index (χ1) is 34.1. The normalized spacial score (nSPS) is 13.4. The van der Waals surface area contributed by atoms with Gasteiger partial charge in [0.25, 0.3) is 0 Å². The summed E-state index contributed by atoms with van der Waals surface area (Å²) < 4.78 is 0. The second-order valence-corrected chi connectivity index (χ2v) is 21.3. The van der Waals surface area contributed by atoms with Gasteiger partial charge in [-0.15, -0.1) is 0 Å². The van der Waals surface area contributed by atoms with Gasteiger partial charge in [-0.3, -0.25) is 0 Å². The maximum atomic E-state index is 2.73. The zero-order valence-electron chi connectivity index (χ0n) is 42.1. The van der Waals surface area contributed by atoms with Crippen LogP contribution in [0.25, 0.3) is 43.1 Å². The van der Waals surface area contributed by atoms with E-state index in [2.05, 4.69) is 211 Å². The first-order valence-corrected chi connectivity index (χ1v) is 26.1. The molecule has 0 unspecified atom stereocenters. The number of anilines is 6. The van der Waals surface area contributed by atoms with Crippen LogP contribution >= 0.6 is 0 Å². The lowest BCUT2D eigenvalue weighted by molar-refractivity contribution is 0.796. The van der Waals surface area contributed by atoms with Gasteiger partial charge in [-0.2, -0.15) is 0 Å². The summed E-state index contributed by atoms with van der Waals surface area (Å²) in [5.41, 5.74) is 26.9. The minimum absolute atomic E-state index is 0.00453. The fourth-order valence-electron chi connectivity index (χ4n) is 13.7. The zero-order chi connectivity index (χ0) is 47.7. The highest BCUT2D eigenvalue weighted by Crippen LogP contribution is 2.57. The number of benzene rings is 10. The van der Waals surface area contributed by atoms with Crippen molar-refractivity contribution in [3.05, 3.63) is 190 Å². The van der Waals surface area contributed by atoms with Crippen LogP contribution in [0.15, 0.2) is 146 Å². The zero-order valence-corrected chi connectivity index (χ0v) is 42.1. The molecule has 0 amide bonds. The van der Waals surface area contributed by atoms with Crippen LogP contribution in [0.1, 0.15) is 84.0 Å². The number of unbranched alkanes of at least 4 members (excludes halogenated alkanes) is 2. The molecule has 0 saturated carbocycles. The van der Waals surface area contributed by atoms with Crippen molar-refractivity contribution in [1.82, 2.24) is 0 Å². The summed E-state index contributed by atoms with van der Waals surface area (Å²) in [4.78, 5) is 5.46. The highest BCUT2D eigenvalue weighted by atomic mass is 15.3. The first-order valence-electron chi connectivity index (χ1n) is 26.1. The number of nitrogens with zero attached hydrogens (tertiary/aromatic N) is 2. The van der Waals surface area contributed by atoms with E-state index in [0.29, 0.717) is 0 Å². The van der Waals surface area contributed by atoms with Crippen molar-refractivity contribution in [1.29, 1.82) is 0 Å². The number of rotatable bonds is 8. The summed E-state index contributed by atoms with van der Waals surface area (Å²) in [5, 5.41) is 10.4. The number of fused-ring (bicyclic) bond motifs is 12. The number of hydrogen-bond acceptors (Lipinski definition) is 2. The van der Waals surface area contributed by atoms with Crippen LogP contribution in [0, 0.1) is 41.5 Å². The topological polar surface area (TPSA) is 6.48 Å². The Hall–Kier alpha value is -7.03. The molecular formula is C66H60B2N2. The third-order valence-electron chi connectivity index (χ3n) is 16.5. The number of aryl methyl sites for hydroxylation is 8. The predicted molar refractivity (Wildman–Crippen MR) is 307 cm³/mol. The number of hydrogen-bond donors (Lipinski definition) is 0. The molecule has 70 heavy (non-hydrogen) atoms. The molecular weight excluding hydrogens is 842 g/mol. The van der Waals surface area contributed by atoms with Gasteiger partial charge in [-0.1, -0.05) is 192 Å². The van der Waals surface area contributed by atoms with E-state index in [1.54, 1.807) is 0 Å². The summed E-state index contributed by atoms with van der Waals surface area (Å²) in [7, 11) is 0. The van der Waals surface area contributed by atoms with E-state index in [4.69, 9.17) is 0 Å². The summed E-state index contributed by atoms with van der Waals surface area (Å²) in [6, 6.07) is 58.0. The van der Waals surface area contributed by atoms with Crippen LogP contribution in [-0.4, -0.2) is 13.4 Å². The Morgan fingerprint density at radius 2 is 0.743 bits per heavy atom. The fourth-order valence-corrected chi connectivity index (χ4v) is 13.7. The maximum Gasteiger partial charge on any atom is 0.248 e. The minimum atomic E-state index is 0.00453. The van der Waals surface area contributed by atoms with Gasteiger partial charge < -0.3 is 9.80 Å². The molecule has 0 aromatic heterocycles. The van der Waals surface area contributed by atoms with Crippen molar-refractivity contribution < 1.29 is 0 Å². The first kappa shape index (κ1) is 43.0. The van der Waals surface area contributed by atoms with Crippen LogP contribution in [0.3, 0.4) is 0 Å². The Bertz CT molecular complexity index is 3560. The Balaban J connectivity index is 1.21. The van der Waals surface area contributed by atoms with Gasteiger partial charge in [0.05, 0.1) is 22.7 Å². The van der Waals surface area contributed by atoms with Crippen LogP contribution in [0.2, 0.25) is 0 Å². The van der Waals surface area contributed by atoms with Gasteiger partial charge in [0.2, 0.25) is 13.4 Å². The van der Waals surface area contributed by atoms with Crippen LogP contribution < -0.4 is 42.6 Å². The molecule has 13 rings (SSSR count). The van der Waals surface area contributed by atoms with Crippen molar-refractivity contribution in [2.24, 2.45) is 0 Å². The minimum Gasteiger partial charge on any atom is -0.307 e. The smallest absolute Gasteiger partial charge is 0.248 e. The van der Waals surface area contributed by atoms with Crippen molar-refractivity contribution in [3.8, 4) is 0 Å². The predicted octanol–water partition coefficient (Wildman–Crippen LogP) is 13.7. The fraction of sp³-hybridized carbons (Fsp3) is 0.212. The van der Waals surface area contributed by atoms with Gasteiger partial charge in [-0.25, -0.2) is 0 Å². The van der Waals surface area contributed by atoms with Crippen molar-refractivity contribution in [2.45, 2.75) is 93.9 Å². The molecule has 0 spiro atoms. The van der Waals surface area contributed by atoms with Gasteiger partial charge in [0.15, 0.2) is 0 Å². The molecule has 3 aliphatic heterocycles. The van der Waals surface area contributed by atoms with Crippen molar-refractivity contribution >= 4 is 123 Å². The lowest BCUT2D eigenvalue weighted by Crippen LogP contribution is -2.62. The highest BCUT2D eigenvalue weighted by molar-refractivity contribution is 7.01. The van der Waals surface area contributed by atoms with Gasteiger partial charge in [0.1, 0.15) is 0 Å². The van der Waals surface area contributed by atoms with E-state index in [-0.39, 0.29) is 13.4 Å². The van der Waals surface area contributed by atoms with Gasteiger partial charge in [-0.05, 0) is 168 Å². The van der Waals surface area contributed by atoms with E-state index in [9.17, 15) is 0 Å². The molecule has 0 N–H and O–H groups in total. The van der Waals surface area contributed by atoms with Gasteiger partial charge in [0, 0.05) is 11.4 Å². The second kappa shape index (κ2) is 16.3. The molecule has 2 nitrogen and oxygen atoms in total. The molecule has 3 aliphatic rings. The van der Waals surface area contributed by atoms with Crippen molar-refractivity contribution in [3.63, 3.8) is 0 Å². The lowest BCUT2D eigenvalue weighted by Gasteiger charge is -2.50. The molecule has 3 heterocycles. The van der Waals surface area contributed by atoms with Crippen LogP contribution in [0.5, 0.6) is 0 Å². The summed E-state index contributed by atoms with van der Waals surface area (Å²) in [6.45, 7) is 18.5. The standard InChI is InChI=1S/C66H60B2N2/c1-9-11-17-45-23-25-47-35-57-55(33-51(47)31-45)67(61-41(5)27-39(3)28-42(61)6)63-53-21-15-13-19-49(53)38-60-65(63)69(57)59-37-50-20-14-16-22-54(50)64-66(59)70(60)58-36-48-26-24-46(18-12-10-2)32-52(48)34-56(58)68(64)62-43(7)29-40(4)30-44(62)8/h13-16,19-38H,9-12,17-18H2,1-8H3. The Morgan fingerprint density at radius 3 is 1.14 bits per heavy atom. The summed E-state index contributed by atoms with van der Waals surface area (Å²) >= 11 is 0. The molecule has 4 heteroatoms. The molecule has 0 radical (unpaired) electrons. The average Bonchev–Trinajstić information content (AvgIpc) is 3.34. The van der Waals surface area contributed by atoms with E-state index in [0.717, 1.165) is 12.8 Å². The molecule has 0 fully saturated rings. The van der Waals surface area contributed by atoms with E-state index < -0.39 is 0 Å². The van der Waals surface area contributed by atoms with E-state index in [1.165, 1.54) is 180 Å². The van der Waals surface area contributed by atoms with E-state index >= 15 is 0 Å². The highest BCUT2D eigenvalue weighted by Gasteiger charge is 2.48. The van der Waals surface area contributed by atoms with Gasteiger partial charge >= 0.3 is 0 Å². The molecule has 0 saturated heterocycles. The quantitative estimate of drug-likeness (QED) is 0.140. The lowest BCUT2D eigenvalue weighted by atomic mass is 9.32. The van der Waals surface area contributed by atoms with Crippen LogP contribution in [0.4, 0.5) is 34.1 Å². The Labute approximate surface area is 415 Å². The SMILES string of the molecule is CCCCc1ccc2cc3c(cc2c1)B(c1c(C)cc(C)cc1C)c1c2c(cc4ccccc14)N1c4cc5ccc(CCCC)cc5cc4B(c4c(C)cc(C)cc4C)c4c1c(cc1ccccc41)N32. The third-order valence-corrected chi connectivity index (χ3v) is 16.5. The summed E-state index contributed by atoms with van der Waals surface area (Å²) in [6.07, 6.45) is 6.97. The maximum absolute atomic E-state index is 2.73. The molecule has 0 aliphatic carbocycles. The van der Waals surface area contributed by atoms with Crippen LogP contribution in [-0.2, 0) is 12.8 Å². The molecule has 0 atom stereocenters. The Morgan fingerprint density at radius 1 is 0.357 bits per heavy atom. The van der Waals surface area contributed by atoms with E-state index in [1.807, 2.05) is 0 Å². The summed E-state index contributed by atoms with van der Waals surface area (Å²) in [5.74, 6) is 0. The molecule has 0 bridgehead atoms.